The third kappa shape index (κ3) is 5.21. The molecule has 3 saturated heterocycles. The fourth-order valence-corrected chi connectivity index (χ4v) is 6.77. The van der Waals surface area contributed by atoms with Crippen molar-refractivity contribution in [3.8, 4) is 23.3 Å². The molecule has 1 amide bonds. The van der Waals surface area contributed by atoms with E-state index in [0.29, 0.717) is 47.7 Å². The van der Waals surface area contributed by atoms with Gasteiger partial charge in [-0.2, -0.15) is 5.26 Å². The second-order valence-corrected chi connectivity index (χ2v) is 13.0. The highest BCUT2D eigenvalue weighted by Gasteiger charge is 2.52. The Hall–Kier alpha value is -4.99. The van der Waals surface area contributed by atoms with Gasteiger partial charge >= 0.3 is 5.69 Å². The molecule has 1 atom stereocenters. The molecule has 46 heavy (non-hydrogen) atoms. The average Bonchev–Trinajstić information content (AvgIpc) is 3.32. The number of likely N-dealkylation sites (tertiary alicyclic amines) is 2. The summed E-state index contributed by atoms with van der Waals surface area (Å²) in [5.74, 6) is 1.16. The maximum absolute atomic E-state index is 14.2. The maximum atomic E-state index is 14.2. The molecule has 7 rings (SSSR count). The highest BCUT2D eigenvalue weighted by molar-refractivity contribution is 5.97. The lowest BCUT2D eigenvalue weighted by molar-refractivity contribution is -0.204. The second kappa shape index (κ2) is 11.4. The van der Waals surface area contributed by atoms with Gasteiger partial charge in [-0.1, -0.05) is 18.2 Å². The molecular weight excluding hydrogens is 584 g/mol. The Bertz CT molecular complexity index is 1910. The Morgan fingerprint density at radius 3 is 2.50 bits per heavy atom. The van der Waals surface area contributed by atoms with Crippen molar-refractivity contribution in [2.75, 3.05) is 45.1 Å². The number of rotatable bonds is 7. The number of carbonyl (C=O) groups excluding carboxylic acids is 1. The van der Waals surface area contributed by atoms with Crippen LogP contribution in [0.1, 0.15) is 32.7 Å². The number of nitriles is 1. The number of piperidine rings is 1. The number of amides is 1. The summed E-state index contributed by atoms with van der Waals surface area (Å²) >= 11 is 0. The average molecular weight is 621 g/mol. The molecule has 5 heterocycles. The van der Waals surface area contributed by atoms with Crippen molar-refractivity contribution in [2.24, 2.45) is 5.41 Å². The minimum atomic E-state index is -0.461. The van der Waals surface area contributed by atoms with Crippen molar-refractivity contribution in [2.45, 2.75) is 38.3 Å². The number of nitrogen functional groups attached to an aromatic ring is 1. The number of nitrogens with zero attached hydrogens (tertiary/aromatic N) is 7. The van der Waals surface area contributed by atoms with Crippen molar-refractivity contribution in [1.29, 1.82) is 5.26 Å². The van der Waals surface area contributed by atoms with E-state index in [2.05, 4.69) is 20.9 Å². The quantitative estimate of drug-likeness (QED) is 0.242. The Morgan fingerprint density at radius 2 is 1.83 bits per heavy atom. The smallest absolute Gasteiger partial charge is 0.335 e. The zero-order valence-corrected chi connectivity index (χ0v) is 25.9. The van der Waals surface area contributed by atoms with E-state index in [1.165, 1.54) is 10.9 Å². The molecule has 3 aliphatic rings. The molecule has 0 bridgehead atoms. The van der Waals surface area contributed by atoms with Gasteiger partial charge in [0.25, 0.3) is 5.91 Å². The summed E-state index contributed by atoms with van der Waals surface area (Å²) in [6.45, 7) is 8.11. The minimum absolute atomic E-state index is 0.107. The van der Waals surface area contributed by atoms with Crippen LogP contribution in [0.25, 0.3) is 16.9 Å². The number of carbonyl (C=O) groups is 1. The molecule has 1 spiro atoms. The van der Waals surface area contributed by atoms with E-state index in [1.807, 2.05) is 44.2 Å². The first kappa shape index (κ1) is 29.7. The number of anilines is 1. The van der Waals surface area contributed by atoms with Gasteiger partial charge in [-0.05, 0) is 69.2 Å². The summed E-state index contributed by atoms with van der Waals surface area (Å²) in [5, 5.41) is 10.1. The molecule has 0 unspecified atom stereocenters. The molecule has 12 heteroatoms. The van der Waals surface area contributed by atoms with E-state index >= 15 is 0 Å². The summed E-state index contributed by atoms with van der Waals surface area (Å²) in [5.41, 5.74) is 7.24. The summed E-state index contributed by atoms with van der Waals surface area (Å²) in [4.78, 5) is 40.5. The number of hydrogen-bond acceptors (Lipinski definition) is 9. The second-order valence-electron chi connectivity index (χ2n) is 13.0. The summed E-state index contributed by atoms with van der Waals surface area (Å²) in [7, 11) is 0. The number of para-hydroxylation sites is 1. The van der Waals surface area contributed by atoms with Gasteiger partial charge in [0.2, 0.25) is 0 Å². The highest BCUT2D eigenvalue weighted by Crippen LogP contribution is 2.42. The zero-order valence-electron chi connectivity index (χ0n) is 25.9. The number of aromatic nitrogens is 4. The van der Waals surface area contributed by atoms with Crippen LogP contribution in [0.4, 0.5) is 5.82 Å². The van der Waals surface area contributed by atoms with Crippen LogP contribution in [0.3, 0.4) is 0 Å². The normalized spacial score (nSPS) is 19.8. The Morgan fingerprint density at radius 1 is 1.11 bits per heavy atom. The molecule has 2 aromatic heterocycles. The van der Waals surface area contributed by atoms with Gasteiger partial charge in [0.1, 0.15) is 35.0 Å². The SMILES string of the molecule is CC(C)(/C=C(/C#N)C(=O)N1CCC[C@H](n2c(=O)n(-c3ccc(Oc4ccccc4)cc3)c3c(N)ncnc32)C1)N1CC2(COC2)C1. The van der Waals surface area contributed by atoms with Crippen LogP contribution in [-0.2, 0) is 9.53 Å². The fraction of sp³-hybridized carbons (Fsp3) is 0.382. The van der Waals surface area contributed by atoms with Crippen LogP contribution in [-0.4, -0.2) is 79.7 Å². The van der Waals surface area contributed by atoms with Crippen LogP contribution < -0.4 is 16.2 Å². The lowest BCUT2D eigenvalue weighted by atomic mass is 9.75. The maximum Gasteiger partial charge on any atom is 0.335 e. The molecule has 0 radical (unpaired) electrons. The van der Waals surface area contributed by atoms with Gasteiger partial charge in [0.15, 0.2) is 11.5 Å². The fourth-order valence-electron chi connectivity index (χ4n) is 6.77. The molecule has 4 aromatic rings. The van der Waals surface area contributed by atoms with Crippen LogP contribution in [0.5, 0.6) is 11.5 Å². The van der Waals surface area contributed by atoms with Gasteiger partial charge in [0, 0.05) is 37.1 Å². The van der Waals surface area contributed by atoms with E-state index in [1.54, 1.807) is 39.8 Å². The number of benzene rings is 2. The van der Waals surface area contributed by atoms with Gasteiger partial charge < -0.3 is 20.1 Å². The van der Waals surface area contributed by atoms with Crippen LogP contribution in [0.15, 0.2) is 77.4 Å². The summed E-state index contributed by atoms with van der Waals surface area (Å²) in [6.07, 6.45) is 4.45. The van der Waals surface area contributed by atoms with E-state index in [-0.39, 0.29) is 41.0 Å². The lowest BCUT2D eigenvalue weighted by Gasteiger charge is -2.59. The van der Waals surface area contributed by atoms with Gasteiger partial charge in [-0.3, -0.25) is 18.8 Å². The first-order valence-electron chi connectivity index (χ1n) is 15.5. The van der Waals surface area contributed by atoms with Crippen molar-refractivity contribution >= 4 is 22.9 Å². The summed E-state index contributed by atoms with van der Waals surface area (Å²) < 4.78 is 14.4. The number of nitrogens with two attached hydrogens (primary N) is 1. The first-order chi connectivity index (χ1) is 22.2. The topological polar surface area (TPSA) is 145 Å². The van der Waals surface area contributed by atoms with Crippen LogP contribution >= 0.6 is 0 Å². The van der Waals surface area contributed by atoms with E-state index in [4.69, 9.17) is 15.2 Å². The first-order valence-corrected chi connectivity index (χ1v) is 15.5. The van der Waals surface area contributed by atoms with Crippen LogP contribution in [0.2, 0.25) is 0 Å². The van der Waals surface area contributed by atoms with E-state index in [9.17, 15) is 14.9 Å². The highest BCUT2D eigenvalue weighted by atomic mass is 16.5. The molecule has 3 aliphatic heterocycles. The van der Waals surface area contributed by atoms with E-state index in [0.717, 1.165) is 26.3 Å². The lowest BCUT2D eigenvalue weighted by Crippen LogP contribution is -2.70. The Labute approximate surface area is 266 Å². The number of ether oxygens (including phenoxy) is 2. The Balaban J connectivity index is 1.16. The third-order valence-corrected chi connectivity index (χ3v) is 9.34. The van der Waals surface area contributed by atoms with Gasteiger partial charge in [-0.25, -0.2) is 14.8 Å². The molecule has 0 aliphatic carbocycles. The minimum Gasteiger partial charge on any atom is -0.457 e. The molecular formula is C34H36N8O4. The standard InChI is InChI=1S/C34H36N8O4/c1-33(2,40-18-34(19-40)20-45-21-34)15-23(16-35)31(43)39-14-6-7-25(17-39)42-30-28(29(36)37-22-38-30)41(32(42)44)24-10-12-27(13-11-24)46-26-8-4-3-5-9-26/h3-5,8-13,15,22,25H,6-7,14,17-21H2,1-2H3,(H2,36,37,38)/b23-15-/t25-/m0/s1. The monoisotopic (exact) mass is 620 g/mol. The third-order valence-electron chi connectivity index (χ3n) is 9.34. The molecule has 2 aromatic carbocycles. The molecule has 0 saturated carbocycles. The van der Waals surface area contributed by atoms with Gasteiger partial charge in [0.05, 0.1) is 24.9 Å². The van der Waals surface area contributed by atoms with Crippen molar-refractivity contribution in [1.82, 2.24) is 28.9 Å². The Kier molecular flexibility index (Phi) is 7.38. The molecule has 236 valence electrons. The molecule has 2 N–H and O–H groups in total. The predicted octanol–water partition coefficient (Wildman–Crippen LogP) is 3.68. The predicted molar refractivity (Wildman–Crippen MR) is 172 cm³/mol. The molecule has 12 nitrogen and oxygen atoms in total. The number of fused-ring (bicyclic) bond motifs is 1. The van der Waals surface area contributed by atoms with E-state index < -0.39 is 5.54 Å². The number of hydrogen-bond donors (Lipinski definition) is 1. The number of imidazole rings is 1. The van der Waals surface area contributed by atoms with Crippen molar-refractivity contribution in [3.05, 3.63) is 83.1 Å². The molecule has 3 fully saturated rings. The van der Waals surface area contributed by atoms with Crippen molar-refractivity contribution in [3.63, 3.8) is 0 Å². The zero-order chi connectivity index (χ0) is 32.1. The van der Waals surface area contributed by atoms with Crippen LogP contribution in [0, 0.1) is 16.7 Å². The summed E-state index contributed by atoms with van der Waals surface area (Å²) in [6, 6.07) is 18.4. The van der Waals surface area contributed by atoms with Gasteiger partial charge in [-0.15, -0.1) is 0 Å². The largest absolute Gasteiger partial charge is 0.457 e. The van der Waals surface area contributed by atoms with Crippen molar-refractivity contribution < 1.29 is 14.3 Å².